The van der Waals surface area contributed by atoms with Crippen LogP contribution in [0.5, 0.6) is 11.5 Å². The first kappa shape index (κ1) is 17.9. The lowest BCUT2D eigenvalue weighted by molar-refractivity contribution is 0.296. The van der Waals surface area contributed by atoms with Crippen LogP contribution in [0.1, 0.15) is 24.8 Å². The fourth-order valence-electron chi connectivity index (χ4n) is 2.70. The topological polar surface area (TPSA) is 54.9 Å². The molecule has 2 N–H and O–H groups in total. The van der Waals surface area contributed by atoms with Gasteiger partial charge in [-0.3, -0.25) is 4.99 Å². The number of rotatable bonds is 3. The highest BCUT2D eigenvalue weighted by molar-refractivity contribution is 14.0. The van der Waals surface area contributed by atoms with Crippen LogP contribution in [0, 0.1) is 0 Å². The molecule has 0 fully saturated rings. The number of fused-ring (bicyclic) bond motifs is 1. The second kappa shape index (κ2) is 9.00. The maximum absolute atomic E-state index is 5.84. The third-order valence-electron chi connectivity index (χ3n) is 3.87. The van der Waals surface area contributed by atoms with Gasteiger partial charge in [0.25, 0.3) is 0 Å². The Morgan fingerprint density at radius 1 is 1.22 bits per heavy atom. The first-order chi connectivity index (χ1) is 10.9. The van der Waals surface area contributed by atoms with E-state index in [0.29, 0.717) is 25.8 Å². The van der Waals surface area contributed by atoms with Crippen molar-refractivity contribution in [1.29, 1.82) is 0 Å². The molecule has 0 saturated heterocycles. The highest BCUT2D eigenvalue weighted by Gasteiger charge is 2.15. The minimum atomic E-state index is 0. The number of halogens is 1. The van der Waals surface area contributed by atoms with Crippen LogP contribution in [0.25, 0.3) is 0 Å². The Morgan fingerprint density at radius 2 is 2.00 bits per heavy atom. The minimum Gasteiger partial charge on any atom is -0.490 e. The SMILES string of the molecule is CN=C(NCc1cccc2c1OCCCO2)NC1CC=CC1.I. The summed E-state index contributed by atoms with van der Waals surface area (Å²) in [6, 6.07) is 6.46. The van der Waals surface area contributed by atoms with Gasteiger partial charge in [-0.2, -0.15) is 0 Å². The molecule has 0 radical (unpaired) electrons. The average molecular weight is 429 g/mol. The van der Waals surface area contributed by atoms with Crippen LogP contribution < -0.4 is 20.1 Å². The summed E-state index contributed by atoms with van der Waals surface area (Å²) in [6.45, 7) is 2.07. The van der Waals surface area contributed by atoms with E-state index in [1.807, 2.05) is 12.1 Å². The Morgan fingerprint density at radius 3 is 2.78 bits per heavy atom. The minimum absolute atomic E-state index is 0. The summed E-state index contributed by atoms with van der Waals surface area (Å²) in [4.78, 5) is 4.29. The summed E-state index contributed by atoms with van der Waals surface area (Å²) in [5.74, 6) is 2.51. The highest BCUT2D eigenvalue weighted by Crippen LogP contribution is 2.33. The molecule has 1 aliphatic carbocycles. The van der Waals surface area contributed by atoms with Crippen molar-refractivity contribution in [2.45, 2.75) is 31.8 Å². The third kappa shape index (κ3) is 4.76. The molecule has 0 spiro atoms. The van der Waals surface area contributed by atoms with Crippen LogP contribution in [0.15, 0.2) is 35.3 Å². The van der Waals surface area contributed by atoms with Gasteiger partial charge >= 0.3 is 0 Å². The predicted octanol–water partition coefficient (Wildman–Crippen LogP) is 2.85. The van der Waals surface area contributed by atoms with Gasteiger partial charge in [0.05, 0.1) is 13.2 Å². The molecular weight excluding hydrogens is 405 g/mol. The van der Waals surface area contributed by atoms with Crippen molar-refractivity contribution in [3.05, 3.63) is 35.9 Å². The quantitative estimate of drug-likeness (QED) is 0.336. The molecule has 0 bridgehead atoms. The molecule has 3 rings (SSSR count). The second-order valence-electron chi connectivity index (χ2n) is 5.50. The molecule has 5 nitrogen and oxygen atoms in total. The lowest BCUT2D eigenvalue weighted by Gasteiger charge is -2.18. The van der Waals surface area contributed by atoms with Crippen LogP contribution >= 0.6 is 24.0 Å². The normalized spacial score (nSPS) is 17.3. The van der Waals surface area contributed by atoms with Crippen molar-refractivity contribution in [3.8, 4) is 11.5 Å². The summed E-state index contributed by atoms with van der Waals surface area (Å²) >= 11 is 0. The van der Waals surface area contributed by atoms with E-state index in [4.69, 9.17) is 9.47 Å². The average Bonchev–Trinajstić information content (AvgIpc) is 2.93. The van der Waals surface area contributed by atoms with E-state index >= 15 is 0 Å². The van der Waals surface area contributed by atoms with E-state index in [1.54, 1.807) is 7.05 Å². The van der Waals surface area contributed by atoms with E-state index in [-0.39, 0.29) is 24.0 Å². The number of nitrogens with zero attached hydrogens (tertiary/aromatic N) is 1. The molecule has 0 unspecified atom stereocenters. The summed E-state index contributed by atoms with van der Waals surface area (Å²) in [5, 5.41) is 6.79. The van der Waals surface area contributed by atoms with Crippen LogP contribution in [0.3, 0.4) is 0 Å². The second-order valence-corrected chi connectivity index (χ2v) is 5.50. The highest BCUT2D eigenvalue weighted by atomic mass is 127. The largest absolute Gasteiger partial charge is 0.490 e. The Balaban J connectivity index is 0.00000192. The molecule has 1 aromatic rings. The standard InChI is InChI=1S/C17H23N3O2.HI/c1-18-17(20-14-7-2-3-8-14)19-12-13-6-4-9-15-16(13)22-11-5-10-21-15;/h2-4,6,9,14H,5,7-8,10-12H2,1H3,(H2,18,19,20);1H. The van der Waals surface area contributed by atoms with Crippen molar-refractivity contribution in [2.24, 2.45) is 4.99 Å². The number of para-hydroxylation sites is 1. The van der Waals surface area contributed by atoms with Gasteiger partial charge in [-0.15, -0.1) is 24.0 Å². The number of hydrogen-bond acceptors (Lipinski definition) is 3. The fourth-order valence-corrected chi connectivity index (χ4v) is 2.70. The summed E-state index contributed by atoms with van der Waals surface area (Å²) < 4.78 is 11.6. The van der Waals surface area contributed by atoms with Gasteiger partial charge in [-0.05, 0) is 18.9 Å². The third-order valence-corrected chi connectivity index (χ3v) is 3.87. The molecule has 23 heavy (non-hydrogen) atoms. The molecule has 6 heteroatoms. The molecule has 1 aromatic carbocycles. The van der Waals surface area contributed by atoms with Gasteiger partial charge in [-0.1, -0.05) is 24.3 Å². The lowest BCUT2D eigenvalue weighted by Crippen LogP contribution is -2.42. The monoisotopic (exact) mass is 429 g/mol. The molecule has 0 saturated carbocycles. The number of guanidine groups is 1. The maximum atomic E-state index is 5.84. The molecule has 0 aromatic heterocycles. The Bertz CT molecular complexity index is 567. The van der Waals surface area contributed by atoms with E-state index < -0.39 is 0 Å². The molecule has 1 heterocycles. The number of hydrogen-bond donors (Lipinski definition) is 2. The van der Waals surface area contributed by atoms with Crippen molar-refractivity contribution in [1.82, 2.24) is 10.6 Å². The predicted molar refractivity (Wildman–Crippen MR) is 103 cm³/mol. The summed E-state index contributed by atoms with van der Waals surface area (Å²) in [7, 11) is 1.79. The molecule has 0 amide bonds. The Kier molecular flexibility index (Phi) is 7.01. The van der Waals surface area contributed by atoms with Crippen molar-refractivity contribution in [3.63, 3.8) is 0 Å². The van der Waals surface area contributed by atoms with Crippen LogP contribution in [-0.2, 0) is 6.54 Å². The zero-order valence-corrected chi connectivity index (χ0v) is 15.7. The first-order valence-corrected chi connectivity index (χ1v) is 7.86. The summed E-state index contributed by atoms with van der Waals surface area (Å²) in [5.41, 5.74) is 1.09. The molecular formula is C17H24IN3O2. The van der Waals surface area contributed by atoms with Crippen molar-refractivity contribution >= 4 is 29.9 Å². The van der Waals surface area contributed by atoms with E-state index in [9.17, 15) is 0 Å². The van der Waals surface area contributed by atoms with Gasteiger partial charge in [-0.25, -0.2) is 0 Å². The van der Waals surface area contributed by atoms with Gasteiger partial charge in [0.1, 0.15) is 0 Å². The smallest absolute Gasteiger partial charge is 0.191 e. The number of nitrogens with one attached hydrogen (secondary N) is 2. The first-order valence-electron chi connectivity index (χ1n) is 7.86. The Hall–Kier alpha value is -1.44. The molecule has 2 aliphatic rings. The van der Waals surface area contributed by atoms with E-state index in [2.05, 4.69) is 33.8 Å². The van der Waals surface area contributed by atoms with Gasteiger partial charge in [0.15, 0.2) is 17.5 Å². The summed E-state index contributed by atoms with van der Waals surface area (Å²) in [6.07, 6.45) is 7.43. The number of benzene rings is 1. The maximum Gasteiger partial charge on any atom is 0.191 e. The van der Waals surface area contributed by atoms with Gasteiger partial charge in [0.2, 0.25) is 0 Å². The lowest BCUT2D eigenvalue weighted by atomic mass is 10.2. The van der Waals surface area contributed by atoms with E-state index in [1.165, 1.54) is 0 Å². The zero-order valence-electron chi connectivity index (χ0n) is 13.4. The molecule has 1 aliphatic heterocycles. The van der Waals surface area contributed by atoms with Crippen LogP contribution in [0.4, 0.5) is 0 Å². The zero-order chi connectivity index (χ0) is 15.2. The van der Waals surface area contributed by atoms with Crippen LogP contribution in [-0.4, -0.2) is 32.3 Å². The van der Waals surface area contributed by atoms with Crippen LogP contribution in [0.2, 0.25) is 0 Å². The fraction of sp³-hybridized carbons (Fsp3) is 0.471. The van der Waals surface area contributed by atoms with Crippen molar-refractivity contribution < 1.29 is 9.47 Å². The molecule has 0 atom stereocenters. The van der Waals surface area contributed by atoms with Gasteiger partial charge < -0.3 is 20.1 Å². The van der Waals surface area contributed by atoms with Gasteiger partial charge in [0, 0.05) is 31.6 Å². The Labute approximate surface area is 154 Å². The number of aliphatic imine (C=N–C) groups is 1. The number of ether oxygens (including phenoxy) is 2. The molecule has 126 valence electrons. The van der Waals surface area contributed by atoms with E-state index in [0.717, 1.165) is 42.3 Å². The van der Waals surface area contributed by atoms with Crippen molar-refractivity contribution in [2.75, 3.05) is 20.3 Å².